The number of allylic oxidation sites excluding steroid dienone is 1. The van der Waals surface area contributed by atoms with Crippen LogP contribution in [0.4, 0.5) is 0 Å². The molecule has 1 aliphatic rings. The summed E-state index contributed by atoms with van der Waals surface area (Å²) in [7, 11) is 0. The van der Waals surface area contributed by atoms with Crippen LogP contribution < -0.4 is 9.47 Å². The Kier molecular flexibility index (Phi) is 4.51. The topological polar surface area (TPSA) is 35.5 Å². The fourth-order valence-corrected chi connectivity index (χ4v) is 3.21. The fourth-order valence-electron chi connectivity index (χ4n) is 3.21. The van der Waals surface area contributed by atoms with Crippen LogP contribution in [0.2, 0.25) is 0 Å². The highest BCUT2D eigenvalue weighted by atomic mass is 16.5. The summed E-state index contributed by atoms with van der Waals surface area (Å²) in [4.78, 5) is 12.8. The zero-order valence-corrected chi connectivity index (χ0v) is 15.4. The van der Waals surface area contributed by atoms with Crippen molar-refractivity contribution in [3.63, 3.8) is 0 Å². The Morgan fingerprint density at radius 1 is 0.963 bits per heavy atom. The number of Topliss-reactive ketones (excluding diaryl/α,β-unsaturated/α-hetero) is 1. The Morgan fingerprint density at radius 3 is 2.56 bits per heavy atom. The van der Waals surface area contributed by atoms with Crippen LogP contribution in [0.3, 0.4) is 0 Å². The van der Waals surface area contributed by atoms with Gasteiger partial charge in [-0.25, -0.2) is 0 Å². The third-order valence-corrected chi connectivity index (χ3v) is 4.53. The number of carbonyl (C=O) groups excluding carboxylic acids is 1. The molecule has 0 saturated carbocycles. The van der Waals surface area contributed by atoms with Gasteiger partial charge in [0, 0.05) is 6.07 Å². The largest absolute Gasteiger partial charge is 0.489 e. The summed E-state index contributed by atoms with van der Waals surface area (Å²) in [5.74, 6) is 1.51. The second-order valence-corrected chi connectivity index (χ2v) is 6.74. The first-order valence-corrected chi connectivity index (χ1v) is 8.92. The molecule has 0 aliphatic carbocycles. The molecule has 0 spiro atoms. The van der Waals surface area contributed by atoms with Crippen molar-refractivity contribution in [1.29, 1.82) is 0 Å². The summed E-state index contributed by atoms with van der Waals surface area (Å²) in [6, 6.07) is 21.6. The van der Waals surface area contributed by atoms with Crippen molar-refractivity contribution in [2.75, 3.05) is 0 Å². The predicted octanol–water partition coefficient (Wildman–Crippen LogP) is 5.50. The van der Waals surface area contributed by atoms with Crippen molar-refractivity contribution in [3.8, 4) is 11.5 Å². The van der Waals surface area contributed by atoms with Crippen LogP contribution in [0.1, 0.15) is 32.6 Å². The highest BCUT2D eigenvalue weighted by Crippen LogP contribution is 2.37. The van der Waals surface area contributed by atoms with E-state index in [9.17, 15) is 4.79 Å². The summed E-state index contributed by atoms with van der Waals surface area (Å²) in [6.07, 6.45) is 1.79. The van der Waals surface area contributed by atoms with Gasteiger partial charge in [0.15, 0.2) is 5.76 Å². The first-order valence-electron chi connectivity index (χ1n) is 8.92. The number of carbonyl (C=O) groups is 1. The van der Waals surface area contributed by atoms with E-state index in [4.69, 9.17) is 9.47 Å². The molecule has 3 heteroatoms. The molecule has 27 heavy (non-hydrogen) atoms. The molecule has 0 aromatic heterocycles. The second-order valence-electron chi connectivity index (χ2n) is 6.74. The molecule has 3 aromatic carbocycles. The zero-order chi connectivity index (χ0) is 18.8. The van der Waals surface area contributed by atoms with Gasteiger partial charge in [0.05, 0.1) is 5.56 Å². The van der Waals surface area contributed by atoms with E-state index in [-0.39, 0.29) is 5.78 Å². The monoisotopic (exact) mass is 356 g/mol. The van der Waals surface area contributed by atoms with Gasteiger partial charge in [-0.2, -0.15) is 0 Å². The molecule has 0 unspecified atom stereocenters. The number of ether oxygens (including phenoxy) is 2. The average Bonchev–Trinajstić information content (AvgIpc) is 2.97. The van der Waals surface area contributed by atoms with E-state index in [1.807, 2.05) is 74.5 Å². The number of aryl methyl sites for hydroxylation is 2. The first-order chi connectivity index (χ1) is 13.1. The predicted molar refractivity (Wildman–Crippen MR) is 106 cm³/mol. The second kappa shape index (κ2) is 7.12. The Morgan fingerprint density at radius 2 is 1.78 bits per heavy atom. The molecule has 0 N–H and O–H groups in total. The average molecular weight is 356 g/mol. The zero-order valence-electron chi connectivity index (χ0n) is 15.4. The molecule has 134 valence electrons. The quantitative estimate of drug-likeness (QED) is 0.579. The third kappa shape index (κ3) is 3.63. The van der Waals surface area contributed by atoms with Crippen LogP contribution in [-0.2, 0) is 6.61 Å². The van der Waals surface area contributed by atoms with Crippen molar-refractivity contribution >= 4 is 11.9 Å². The molecule has 4 rings (SSSR count). The van der Waals surface area contributed by atoms with E-state index in [1.54, 1.807) is 12.1 Å². The number of hydrogen-bond acceptors (Lipinski definition) is 3. The van der Waals surface area contributed by atoms with E-state index in [0.29, 0.717) is 29.4 Å². The lowest BCUT2D eigenvalue weighted by atomic mass is 10.0. The van der Waals surface area contributed by atoms with Crippen LogP contribution in [0, 0.1) is 13.8 Å². The van der Waals surface area contributed by atoms with Gasteiger partial charge < -0.3 is 9.47 Å². The van der Waals surface area contributed by atoms with Gasteiger partial charge in [-0.05, 0) is 42.7 Å². The third-order valence-electron chi connectivity index (χ3n) is 4.53. The summed E-state index contributed by atoms with van der Waals surface area (Å²) >= 11 is 0. The molecule has 0 fully saturated rings. The molecule has 3 aromatic rings. The van der Waals surface area contributed by atoms with Crippen molar-refractivity contribution in [3.05, 3.63) is 100 Å². The molecule has 0 atom stereocenters. The van der Waals surface area contributed by atoms with Crippen LogP contribution in [0.5, 0.6) is 11.5 Å². The lowest BCUT2D eigenvalue weighted by Crippen LogP contribution is -2.00. The Labute approximate surface area is 158 Å². The fraction of sp³-hybridized carbons (Fsp3) is 0.125. The van der Waals surface area contributed by atoms with Crippen LogP contribution in [-0.4, -0.2) is 5.78 Å². The molecule has 0 amide bonds. The normalized spacial score (nSPS) is 14.1. The van der Waals surface area contributed by atoms with Gasteiger partial charge in [0.1, 0.15) is 18.1 Å². The van der Waals surface area contributed by atoms with Gasteiger partial charge in [-0.3, -0.25) is 4.79 Å². The maximum absolute atomic E-state index is 12.8. The van der Waals surface area contributed by atoms with E-state index in [2.05, 4.69) is 0 Å². The van der Waals surface area contributed by atoms with Gasteiger partial charge in [-0.15, -0.1) is 0 Å². The van der Waals surface area contributed by atoms with Crippen molar-refractivity contribution in [2.45, 2.75) is 20.5 Å². The molecule has 0 radical (unpaired) electrons. The lowest BCUT2D eigenvalue weighted by molar-refractivity contribution is 0.101. The molecule has 0 bridgehead atoms. The summed E-state index contributed by atoms with van der Waals surface area (Å²) < 4.78 is 11.8. The number of fused-ring (bicyclic) bond motifs is 1. The Hall–Kier alpha value is -3.33. The van der Waals surface area contributed by atoms with Gasteiger partial charge in [0.25, 0.3) is 0 Å². The summed E-state index contributed by atoms with van der Waals surface area (Å²) in [6.45, 7) is 4.40. The number of hydrogen-bond donors (Lipinski definition) is 0. The summed E-state index contributed by atoms with van der Waals surface area (Å²) in [5.41, 5.74) is 4.64. The van der Waals surface area contributed by atoms with Gasteiger partial charge in [-0.1, -0.05) is 60.2 Å². The van der Waals surface area contributed by atoms with E-state index >= 15 is 0 Å². The lowest BCUT2D eigenvalue weighted by Gasteiger charge is -2.09. The smallest absolute Gasteiger partial charge is 0.232 e. The highest BCUT2D eigenvalue weighted by Gasteiger charge is 2.30. The van der Waals surface area contributed by atoms with Crippen LogP contribution in [0.25, 0.3) is 6.08 Å². The number of benzene rings is 3. The first kappa shape index (κ1) is 17.1. The number of rotatable bonds is 4. The SMILES string of the molecule is Cc1cccc(/C=C2\Oc3cc(OCc4ccccc4)cc(C)c3C2=O)c1. The Balaban J connectivity index is 1.58. The molecular formula is C24H20O3. The van der Waals surface area contributed by atoms with Gasteiger partial charge >= 0.3 is 0 Å². The highest BCUT2D eigenvalue weighted by molar-refractivity contribution is 6.15. The van der Waals surface area contributed by atoms with Crippen LogP contribution >= 0.6 is 0 Å². The minimum Gasteiger partial charge on any atom is -0.489 e. The molecule has 1 heterocycles. The molecule has 1 aliphatic heterocycles. The maximum atomic E-state index is 12.8. The van der Waals surface area contributed by atoms with Crippen molar-refractivity contribution in [1.82, 2.24) is 0 Å². The van der Waals surface area contributed by atoms with E-state index in [0.717, 1.165) is 22.3 Å². The van der Waals surface area contributed by atoms with E-state index in [1.165, 1.54) is 0 Å². The molecule has 3 nitrogen and oxygen atoms in total. The Bertz CT molecular complexity index is 1030. The van der Waals surface area contributed by atoms with Crippen LogP contribution in [0.15, 0.2) is 72.5 Å². The number of ketones is 1. The molecule has 0 saturated heterocycles. The maximum Gasteiger partial charge on any atom is 0.232 e. The minimum absolute atomic E-state index is 0.0846. The van der Waals surface area contributed by atoms with Crippen molar-refractivity contribution < 1.29 is 14.3 Å². The van der Waals surface area contributed by atoms with Gasteiger partial charge in [0.2, 0.25) is 5.78 Å². The standard InChI is InChI=1S/C24H20O3/c1-16-7-6-10-19(11-16)13-22-24(25)23-17(2)12-20(14-21(23)27-22)26-15-18-8-4-3-5-9-18/h3-14H,15H2,1-2H3/b22-13-. The summed E-state index contributed by atoms with van der Waals surface area (Å²) in [5, 5.41) is 0. The molecular weight excluding hydrogens is 336 g/mol. The minimum atomic E-state index is -0.0846. The van der Waals surface area contributed by atoms with Crippen molar-refractivity contribution in [2.24, 2.45) is 0 Å². The van der Waals surface area contributed by atoms with E-state index < -0.39 is 0 Å².